The molecule has 1 saturated heterocycles. The topological polar surface area (TPSA) is 55.4 Å². The molecule has 2 unspecified atom stereocenters. The number of nitrogens with one attached hydrogen (secondary N) is 1. The van der Waals surface area contributed by atoms with Crippen molar-refractivity contribution in [3.05, 3.63) is 23.5 Å². The summed E-state index contributed by atoms with van der Waals surface area (Å²) in [6, 6.07) is -0.417. The van der Waals surface area contributed by atoms with Crippen molar-refractivity contribution in [1.29, 1.82) is 0 Å². The first-order valence-corrected chi connectivity index (χ1v) is 5.93. The van der Waals surface area contributed by atoms with E-state index in [2.05, 4.69) is 5.32 Å². The number of ketones is 1. The maximum atomic E-state index is 12.1. The van der Waals surface area contributed by atoms with Gasteiger partial charge in [-0.3, -0.25) is 9.59 Å². The van der Waals surface area contributed by atoms with E-state index in [-0.39, 0.29) is 29.3 Å². The lowest BCUT2D eigenvalue weighted by atomic mass is 9.98. The first kappa shape index (κ1) is 11.9. The van der Waals surface area contributed by atoms with Crippen molar-refractivity contribution in [2.24, 2.45) is 5.92 Å². The van der Waals surface area contributed by atoms with Crippen molar-refractivity contribution in [3.8, 4) is 0 Å². The van der Waals surface area contributed by atoms with Gasteiger partial charge in [0.2, 0.25) is 0 Å². The van der Waals surface area contributed by atoms with Crippen LogP contribution < -0.4 is 5.32 Å². The molecule has 2 heterocycles. The Bertz CT molecular complexity index is 420. The maximum Gasteiger partial charge on any atom is 0.259 e. The number of amides is 1. The predicted octanol–water partition coefficient (Wildman–Crippen LogP) is 1.33. The van der Waals surface area contributed by atoms with Crippen LogP contribution in [0.25, 0.3) is 0 Å². The Kier molecular flexibility index (Phi) is 3.05. The van der Waals surface area contributed by atoms with Gasteiger partial charge in [-0.1, -0.05) is 19.9 Å². The van der Waals surface area contributed by atoms with Gasteiger partial charge in [0.25, 0.3) is 5.91 Å². The Hall–Kier alpha value is -1.58. The minimum absolute atomic E-state index is 0.0150. The highest BCUT2D eigenvalue weighted by atomic mass is 16.5. The number of carbonyl (C=O) groups excluding carboxylic acids is 2. The van der Waals surface area contributed by atoms with Crippen LogP contribution in [0.1, 0.15) is 27.2 Å². The van der Waals surface area contributed by atoms with Crippen LogP contribution in [0, 0.1) is 5.92 Å². The molecule has 0 radical (unpaired) electrons. The largest absolute Gasteiger partial charge is 0.489 e. The summed E-state index contributed by atoms with van der Waals surface area (Å²) in [5.41, 5.74) is 0.173. The smallest absolute Gasteiger partial charge is 0.259 e. The Morgan fingerprint density at radius 3 is 2.65 bits per heavy atom. The van der Waals surface area contributed by atoms with Gasteiger partial charge in [0.05, 0.1) is 12.1 Å². The van der Waals surface area contributed by atoms with E-state index in [4.69, 9.17) is 4.74 Å². The SMILES string of the molecule is CC1CC=CC(=C2C(=O)NC(C(C)C)C2=O)O1. The number of rotatable bonds is 1. The van der Waals surface area contributed by atoms with Gasteiger partial charge < -0.3 is 10.1 Å². The summed E-state index contributed by atoms with van der Waals surface area (Å²) in [4.78, 5) is 23.9. The molecule has 0 aromatic rings. The van der Waals surface area contributed by atoms with Gasteiger partial charge in [-0.2, -0.15) is 0 Å². The Balaban J connectivity index is 2.36. The molecule has 2 aliphatic heterocycles. The van der Waals surface area contributed by atoms with Crippen LogP contribution in [0.15, 0.2) is 23.5 Å². The molecule has 0 saturated carbocycles. The second-order valence-electron chi connectivity index (χ2n) is 4.87. The molecule has 1 amide bonds. The van der Waals surface area contributed by atoms with Crippen LogP contribution in [0.5, 0.6) is 0 Å². The van der Waals surface area contributed by atoms with E-state index in [0.29, 0.717) is 5.76 Å². The maximum absolute atomic E-state index is 12.1. The van der Waals surface area contributed by atoms with E-state index >= 15 is 0 Å². The molecule has 17 heavy (non-hydrogen) atoms. The highest BCUT2D eigenvalue weighted by Gasteiger charge is 2.40. The van der Waals surface area contributed by atoms with Crippen molar-refractivity contribution in [3.63, 3.8) is 0 Å². The highest BCUT2D eigenvalue weighted by molar-refractivity contribution is 6.27. The molecule has 4 nitrogen and oxygen atoms in total. The van der Waals surface area contributed by atoms with Crippen LogP contribution in [0.3, 0.4) is 0 Å². The van der Waals surface area contributed by atoms with E-state index in [1.54, 1.807) is 6.08 Å². The third-order valence-electron chi connectivity index (χ3n) is 3.02. The van der Waals surface area contributed by atoms with Crippen LogP contribution >= 0.6 is 0 Å². The van der Waals surface area contributed by atoms with E-state index in [1.807, 2.05) is 26.8 Å². The first-order valence-electron chi connectivity index (χ1n) is 5.93. The zero-order valence-corrected chi connectivity index (χ0v) is 10.3. The number of allylic oxidation sites excluding steroid dienone is 1. The third kappa shape index (κ3) is 2.12. The van der Waals surface area contributed by atoms with E-state index < -0.39 is 6.04 Å². The molecule has 2 aliphatic rings. The zero-order chi connectivity index (χ0) is 12.6. The van der Waals surface area contributed by atoms with Crippen molar-refractivity contribution < 1.29 is 14.3 Å². The summed E-state index contributed by atoms with van der Waals surface area (Å²) in [7, 11) is 0. The zero-order valence-electron chi connectivity index (χ0n) is 10.3. The van der Waals surface area contributed by atoms with Gasteiger partial charge in [0, 0.05) is 6.42 Å². The molecule has 4 heteroatoms. The number of Topliss-reactive ketones (excluding diaryl/α,β-unsaturated/α-hetero) is 1. The second kappa shape index (κ2) is 4.35. The van der Waals surface area contributed by atoms with E-state index in [1.165, 1.54) is 0 Å². The molecule has 92 valence electrons. The number of hydrogen-bond acceptors (Lipinski definition) is 3. The van der Waals surface area contributed by atoms with Gasteiger partial charge in [-0.15, -0.1) is 0 Å². The number of carbonyl (C=O) groups is 2. The summed E-state index contributed by atoms with van der Waals surface area (Å²) in [6.07, 6.45) is 4.47. The third-order valence-corrected chi connectivity index (χ3v) is 3.02. The molecule has 0 aliphatic carbocycles. The van der Waals surface area contributed by atoms with Gasteiger partial charge in [0.15, 0.2) is 5.78 Å². The van der Waals surface area contributed by atoms with Crippen molar-refractivity contribution in [2.75, 3.05) is 0 Å². The summed E-state index contributed by atoms with van der Waals surface area (Å²) in [6.45, 7) is 5.74. The van der Waals surface area contributed by atoms with Crippen molar-refractivity contribution in [1.82, 2.24) is 5.32 Å². The Labute approximate surface area is 101 Å². The second-order valence-corrected chi connectivity index (χ2v) is 4.87. The van der Waals surface area contributed by atoms with Gasteiger partial charge in [0.1, 0.15) is 11.3 Å². The molecule has 1 N–H and O–H groups in total. The lowest BCUT2D eigenvalue weighted by molar-refractivity contribution is -0.117. The molecule has 2 atom stereocenters. The Morgan fingerprint density at radius 1 is 1.41 bits per heavy atom. The lowest BCUT2D eigenvalue weighted by Gasteiger charge is -2.19. The predicted molar refractivity (Wildman–Crippen MR) is 63.1 cm³/mol. The minimum atomic E-state index is -0.417. The molecular formula is C13H17NO3. The lowest BCUT2D eigenvalue weighted by Crippen LogP contribution is -2.33. The molecule has 2 rings (SSSR count). The van der Waals surface area contributed by atoms with Gasteiger partial charge >= 0.3 is 0 Å². The van der Waals surface area contributed by atoms with Crippen molar-refractivity contribution >= 4 is 11.7 Å². The van der Waals surface area contributed by atoms with Gasteiger partial charge in [-0.25, -0.2) is 0 Å². The van der Waals surface area contributed by atoms with Crippen LogP contribution in [0.2, 0.25) is 0 Å². The summed E-state index contributed by atoms with van der Waals surface area (Å²) in [5.74, 6) is 0.0325. The van der Waals surface area contributed by atoms with Gasteiger partial charge in [-0.05, 0) is 18.9 Å². The fourth-order valence-electron chi connectivity index (χ4n) is 2.06. The molecule has 0 spiro atoms. The van der Waals surface area contributed by atoms with Crippen molar-refractivity contribution in [2.45, 2.75) is 39.3 Å². The van der Waals surface area contributed by atoms with Crippen LogP contribution in [-0.2, 0) is 14.3 Å². The highest BCUT2D eigenvalue weighted by Crippen LogP contribution is 2.24. The Morgan fingerprint density at radius 2 is 2.12 bits per heavy atom. The summed E-state index contributed by atoms with van der Waals surface area (Å²) in [5, 5.41) is 2.71. The van der Waals surface area contributed by atoms with E-state index in [9.17, 15) is 9.59 Å². The summed E-state index contributed by atoms with van der Waals surface area (Å²) >= 11 is 0. The summed E-state index contributed by atoms with van der Waals surface area (Å²) < 4.78 is 5.55. The normalized spacial score (nSPS) is 32.9. The molecular weight excluding hydrogens is 218 g/mol. The van der Waals surface area contributed by atoms with Crippen LogP contribution in [-0.4, -0.2) is 23.8 Å². The molecule has 0 aromatic heterocycles. The first-order chi connectivity index (χ1) is 8.00. The molecule has 0 aromatic carbocycles. The van der Waals surface area contributed by atoms with E-state index in [0.717, 1.165) is 6.42 Å². The molecule has 0 bridgehead atoms. The molecule has 1 fully saturated rings. The quantitative estimate of drug-likeness (QED) is 0.551. The fourth-order valence-corrected chi connectivity index (χ4v) is 2.06. The number of ether oxygens (including phenoxy) is 1. The standard InChI is InChI=1S/C13H17NO3/c1-7(2)11-12(15)10(13(16)14-11)9-6-4-5-8(3)17-9/h4,6-8,11H,5H2,1-3H3,(H,14,16). The average Bonchev–Trinajstić information content (AvgIpc) is 2.54. The minimum Gasteiger partial charge on any atom is -0.489 e. The average molecular weight is 235 g/mol. The fraction of sp³-hybridized carbons (Fsp3) is 0.538. The number of hydrogen-bond donors (Lipinski definition) is 1. The van der Waals surface area contributed by atoms with Crippen LogP contribution in [0.4, 0.5) is 0 Å². The monoisotopic (exact) mass is 235 g/mol.